The standard InChI is InChI=1S/C15H22FNO2/c1-11(5-6-18-2)19-15-8-12(7-13(16)9-15)10-17-14-3-4-14/h7-9,11,14,17H,3-6,10H2,1-2H3. The van der Waals surface area contributed by atoms with Gasteiger partial charge in [-0.3, -0.25) is 0 Å². The van der Waals surface area contributed by atoms with Gasteiger partial charge in [-0.1, -0.05) is 0 Å². The maximum Gasteiger partial charge on any atom is 0.127 e. The summed E-state index contributed by atoms with van der Waals surface area (Å²) in [6.45, 7) is 3.31. The number of nitrogens with one attached hydrogen (secondary N) is 1. The first kappa shape index (κ1) is 14.3. The second kappa shape index (κ2) is 6.87. The summed E-state index contributed by atoms with van der Waals surface area (Å²) in [5, 5.41) is 3.37. The minimum atomic E-state index is -0.246. The van der Waals surface area contributed by atoms with Crippen molar-refractivity contribution in [3.8, 4) is 5.75 Å². The molecule has 2 rings (SSSR count). The zero-order valence-corrected chi connectivity index (χ0v) is 11.6. The fourth-order valence-electron chi connectivity index (χ4n) is 1.92. The maximum atomic E-state index is 13.5. The second-order valence-corrected chi connectivity index (χ2v) is 5.16. The number of halogens is 1. The van der Waals surface area contributed by atoms with Crippen molar-refractivity contribution in [1.82, 2.24) is 5.32 Å². The normalized spacial score (nSPS) is 16.4. The average Bonchev–Trinajstić information content (AvgIpc) is 3.17. The molecule has 4 heteroatoms. The number of hydrogen-bond donors (Lipinski definition) is 1. The monoisotopic (exact) mass is 267 g/mol. The number of hydrogen-bond acceptors (Lipinski definition) is 3. The molecule has 1 aliphatic rings. The Morgan fingerprint density at radius 1 is 1.37 bits per heavy atom. The highest BCUT2D eigenvalue weighted by Crippen LogP contribution is 2.22. The molecule has 19 heavy (non-hydrogen) atoms. The van der Waals surface area contributed by atoms with E-state index in [2.05, 4.69) is 5.32 Å². The molecule has 1 atom stereocenters. The first-order valence-electron chi connectivity index (χ1n) is 6.86. The van der Waals surface area contributed by atoms with Crippen molar-refractivity contribution in [2.24, 2.45) is 0 Å². The van der Waals surface area contributed by atoms with Crippen LogP contribution in [0.4, 0.5) is 4.39 Å². The van der Waals surface area contributed by atoms with E-state index in [0.717, 1.165) is 12.0 Å². The van der Waals surface area contributed by atoms with Crippen LogP contribution in [-0.4, -0.2) is 25.9 Å². The van der Waals surface area contributed by atoms with Gasteiger partial charge in [0.15, 0.2) is 0 Å². The Bertz CT molecular complexity index is 407. The SMILES string of the molecule is COCCC(C)Oc1cc(F)cc(CNC2CC2)c1. The zero-order valence-electron chi connectivity index (χ0n) is 11.6. The van der Waals surface area contributed by atoms with Gasteiger partial charge in [0, 0.05) is 38.8 Å². The Hall–Kier alpha value is -1.13. The Morgan fingerprint density at radius 3 is 2.84 bits per heavy atom. The summed E-state index contributed by atoms with van der Waals surface area (Å²) in [6, 6.07) is 5.52. The molecular formula is C15H22FNO2. The van der Waals surface area contributed by atoms with Gasteiger partial charge in [0.05, 0.1) is 6.10 Å². The highest BCUT2D eigenvalue weighted by Gasteiger charge is 2.20. The van der Waals surface area contributed by atoms with E-state index < -0.39 is 0 Å². The van der Waals surface area contributed by atoms with Crippen molar-refractivity contribution in [2.45, 2.75) is 44.9 Å². The minimum Gasteiger partial charge on any atom is -0.491 e. The predicted molar refractivity (Wildman–Crippen MR) is 72.8 cm³/mol. The summed E-state index contributed by atoms with van der Waals surface area (Å²) in [7, 11) is 1.66. The molecular weight excluding hydrogens is 245 g/mol. The quantitative estimate of drug-likeness (QED) is 0.785. The van der Waals surface area contributed by atoms with Gasteiger partial charge in [0.25, 0.3) is 0 Å². The Kier molecular flexibility index (Phi) is 5.16. The number of rotatable bonds is 8. The molecule has 1 aliphatic carbocycles. The fourth-order valence-corrected chi connectivity index (χ4v) is 1.92. The van der Waals surface area contributed by atoms with Crippen LogP contribution in [0.1, 0.15) is 31.7 Å². The van der Waals surface area contributed by atoms with Crippen molar-refractivity contribution in [1.29, 1.82) is 0 Å². The summed E-state index contributed by atoms with van der Waals surface area (Å²) >= 11 is 0. The lowest BCUT2D eigenvalue weighted by Crippen LogP contribution is -2.16. The van der Waals surface area contributed by atoms with Crippen LogP contribution in [0.15, 0.2) is 18.2 Å². The molecule has 0 aromatic heterocycles. The van der Waals surface area contributed by atoms with Crippen molar-refractivity contribution in [2.75, 3.05) is 13.7 Å². The van der Waals surface area contributed by atoms with Crippen molar-refractivity contribution >= 4 is 0 Å². The number of methoxy groups -OCH3 is 1. The molecule has 1 aromatic rings. The molecule has 0 radical (unpaired) electrons. The molecule has 1 unspecified atom stereocenters. The summed E-state index contributed by atoms with van der Waals surface area (Å²) in [5.74, 6) is 0.347. The highest BCUT2D eigenvalue weighted by atomic mass is 19.1. The van der Waals surface area contributed by atoms with Gasteiger partial charge in [-0.05, 0) is 37.5 Å². The first-order chi connectivity index (χ1) is 9.17. The van der Waals surface area contributed by atoms with Crippen LogP contribution in [0, 0.1) is 5.82 Å². The molecule has 0 bridgehead atoms. The third kappa shape index (κ3) is 5.17. The van der Waals surface area contributed by atoms with E-state index in [1.54, 1.807) is 13.2 Å². The van der Waals surface area contributed by atoms with Gasteiger partial charge in [-0.2, -0.15) is 0 Å². The van der Waals surface area contributed by atoms with Gasteiger partial charge in [0.1, 0.15) is 11.6 Å². The van der Waals surface area contributed by atoms with Crippen molar-refractivity contribution < 1.29 is 13.9 Å². The Morgan fingerprint density at radius 2 is 2.16 bits per heavy atom. The van der Waals surface area contributed by atoms with Gasteiger partial charge < -0.3 is 14.8 Å². The summed E-state index contributed by atoms with van der Waals surface area (Å²) in [5.41, 5.74) is 0.931. The van der Waals surface area contributed by atoms with Crippen LogP contribution in [0.2, 0.25) is 0 Å². The smallest absolute Gasteiger partial charge is 0.127 e. The lowest BCUT2D eigenvalue weighted by molar-refractivity contribution is 0.135. The van der Waals surface area contributed by atoms with Crippen LogP contribution in [-0.2, 0) is 11.3 Å². The van der Waals surface area contributed by atoms with Gasteiger partial charge in [-0.25, -0.2) is 4.39 Å². The summed E-state index contributed by atoms with van der Waals surface area (Å²) < 4.78 is 24.3. The molecule has 0 aliphatic heterocycles. The molecule has 1 N–H and O–H groups in total. The van der Waals surface area contributed by atoms with Crippen LogP contribution >= 0.6 is 0 Å². The zero-order chi connectivity index (χ0) is 13.7. The van der Waals surface area contributed by atoms with Gasteiger partial charge in [0.2, 0.25) is 0 Å². The van der Waals surface area contributed by atoms with E-state index in [0.29, 0.717) is 24.9 Å². The second-order valence-electron chi connectivity index (χ2n) is 5.16. The summed E-state index contributed by atoms with van der Waals surface area (Å²) in [4.78, 5) is 0. The summed E-state index contributed by atoms with van der Waals surface area (Å²) in [6.07, 6.45) is 3.27. The van der Waals surface area contributed by atoms with E-state index in [9.17, 15) is 4.39 Å². The van der Waals surface area contributed by atoms with Crippen LogP contribution in [0.25, 0.3) is 0 Å². The van der Waals surface area contributed by atoms with Crippen LogP contribution < -0.4 is 10.1 Å². The van der Waals surface area contributed by atoms with Crippen LogP contribution in [0.3, 0.4) is 0 Å². The van der Waals surface area contributed by atoms with E-state index in [1.807, 2.05) is 13.0 Å². The molecule has 0 amide bonds. The highest BCUT2D eigenvalue weighted by molar-refractivity contribution is 5.30. The van der Waals surface area contributed by atoms with E-state index in [4.69, 9.17) is 9.47 Å². The largest absolute Gasteiger partial charge is 0.491 e. The minimum absolute atomic E-state index is 0.0194. The third-order valence-electron chi connectivity index (χ3n) is 3.17. The molecule has 106 valence electrons. The molecule has 1 fully saturated rings. The topological polar surface area (TPSA) is 30.5 Å². The van der Waals surface area contributed by atoms with Gasteiger partial charge in [-0.15, -0.1) is 0 Å². The Balaban J connectivity index is 1.90. The fraction of sp³-hybridized carbons (Fsp3) is 0.600. The van der Waals surface area contributed by atoms with Gasteiger partial charge >= 0.3 is 0 Å². The maximum absolute atomic E-state index is 13.5. The molecule has 0 saturated heterocycles. The molecule has 1 saturated carbocycles. The van der Waals surface area contributed by atoms with E-state index in [1.165, 1.54) is 18.9 Å². The molecule has 3 nitrogen and oxygen atoms in total. The predicted octanol–water partition coefficient (Wildman–Crippen LogP) is 2.88. The van der Waals surface area contributed by atoms with E-state index in [-0.39, 0.29) is 11.9 Å². The Labute approximate surface area is 114 Å². The lowest BCUT2D eigenvalue weighted by atomic mass is 10.2. The molecule has 1 aromatic carbocycles. The lowest BCUT2D eigenvalue weighted by Gasteiger charge is -2.15. The van der Waals surface area contributed by atoms with Crippen molar-refractivity contribution in [3.05, 3.63) is 29.6 Å². The third-order valence-corrected chi connectivity index (χ3v) is 3.17. The number of benzene rings is 1. The molecule has 0 heterocycles. The first-order valence-corrected chi connectivity index (χ1v) is 6.86. The molecule has 0 spiro atoms. The van der Waals surface area contributed by atoms with Crippen molar-refractivity contribution in [3.63, 3.8) is 0 Å². The average molecular weight is 267 g/mol. The van der Waals surface area contributed by atoms with Crippen LogP contribution in [0.5, 0.6) is 5.75 Å². The number of ether oxygens (including phenoxy) is 2. The van der Waals surface area contributed by atoms with E-state index >= 15 is 0 Å².